The first kappa shape index (κ1) is 31.0. The van der Waals surface area contributed by atoms with Gasteiger partial charge in [-0.25, -0.2) is 4.79 Å². The lowest BCUT2D eigenvalue weighted by Crippen LogP contribution is -2.39. The molecule has 0 N–H and O–H groups in total. The predicted octanol–water partition coefficient (Wildman–Crippen LogP) is 4.76. The van der Waals surface area contributed by atoms with Gasteiger partial charge in [0.1, 0.15) is 12.4 Å². The van der Waals surface area contributed by atoms with Crippen LogP contribution in [-0.4, -0.2) is 46.3 Å². The molecular weight excluding hydrogens is 551 g/mol. The lowest BCUT2D eigenvalue weighted by molar-refractivity contribution is -0.139. The van der Waals surface area contributed by atoms with Gasteiger partial charge in [0, 0.05) is 49.9 Å². The van der Waals surface area contributed by atoms with E-state index in [0.717, 1.165) is 4.57 Å². The summed E-state index contributed by atoms with van der Waals surface area (Å²) in [5, 5.41) is 0.477. The first-order valence-electron chi connectivity index (χ1n) is 12.5. The molecule has 8 nitrogen and oxygen atoms in total. The van der Waals surface area contributed by atoms with Crippen molar-refractivity contribution in [3.05, 3.63) is 91.7 Å². The van der Waals surface area contributed by atoms with Crippen LogP contribution in [-0.2, 0) is 24.9 Å². The molecule has 1 aromatic heterocycles. The molecule has 1 atom stereocenters. The second-order valence-corrected chi connectivity index (χ2v) is 9.78. The minimum atomic E-state index is -4.38. The maximum Gasteiger partial charge on any atom is 0.390 e. The standard InChI is InChI=1S/C28H31ClF3N3O5/c1-19(36)16-23(21-5-7-22(29)8-6-21)34(13-11-28(30,31)32)18-20-4-9-24(25(17-20)39-3)40-15-14-35-26(37)10-12-33(2)27(35)38/h4-10,12,17,23H,11,13-16,18H2,1-3H3. The molecule has 0 aliphatic heterocycles. The van der Waals surface area contributed by atoms with Gasteiger partial charge in [0.15, 0.2) is 11.5 Å². The van der Waals surface area contributed by atoms with Crippen LogP contribution in [0, 0.1) is 0 Å². The van der Waals surface area contributed by atoms with Crippen LogP contribution >= 0.6 is 11.6 Å². The third-order valence-electron chi connectivity index (χ3n) is 6.28. The summed E-state index contributed by atoms with van der Waals surface area (Å²) < 4.78 is 53.2. The highest BCUT2D eigenvalue weighted by molar-refractivity contribution is 6.30. The summed E-state index contributed by atoms with van der Waals surface area (Å²) in [6.07, 6.45) is -4.02. The van der Waals surface area contributed by atoms with E-state index < -0.39 is 29.9 Å². The van der Waals surface area contributed by atoms with E-state index in [1.165, 1.54) is 37.9 Å². The number of ether oxygens (including phenoxy) is 2. The van der Waals surface area contributed by atoms with E-state index in [4.69, 9.17) is 21.1 Å². The number of rotatable bonds is 13. The number of benzene rings is 2. The molecule has 40 heavy (non-hydrogen) atoms. The Hall–Kier alpha value is -3.57. The number of carbonyl (C=O) groups is 1. The molecule has 0 spiro atoms. The molecule has 0 bridgehead atoms. The monoisotopic (exact) mass is 581 g/mol. The van der Waals surface area contributed by atoms with Crippen LogP contribution in [0.1, 0.15) is 36.9 Å². The molecule has 2 aromatic carbocycles. The number of Topliss-reactive ketones (excluding diaryl/α,β-unsaturated/α-hetero) is 1. The lowest BCUT2D eigenvalue weighted by Gasteiger charge is -2.32. The third kappa shape index (κ3) is 8.72. The van der Waals surface area contributed by atoms with E-state index in [1.807, 2.05) is 0 Å². The Morgan fingerprint density at radius 2 is 1.77 bits per heavy atom. The lowest BCUT2D eigenvalue weighted by atomic mass is 9.98. The molecule has 12 heteroatoms. The normalized spacial score (nSPS) is 12.4. The van der Waals surface area contributed by atoms with Crippen LogP contribution in [0.2, 0.25) is 5.02 Å². The number of aryl methyl sites for hydroxylation is 1. The Kier molecular flexibility index (Phi) is 10.6. The number of aromatic nitrogens is 2. The quantitative estimate of drug-likeness (QED) is 0.289. The summed E-state index contributed by atoms with van der Waals surface area (Å²) >= 11 is 6.01. The fraction of sp³-hybridized carbons (Fsp3) is 0.393. The van der Waals surface area contributed by atoms with E-state index in [1.54, 1.807) is 47.4 Å². The van der Waals surface area contributed by atoms with Crippen LogP contribution in [0.25, 0.3) is 0 Å². The van der Waals surface area contributed by atoms with Crippen molar-refractivity contribution in [3.8, 4) is 11.5 Å². The van der Waals surface area contributed by atoms with E-state index in [9.17, 15) is 27.6 Å². The minimum Gasteiger partial charge on any atom is -0.493 e. The maximum atomic E-state index is 13.2. The first-order chi connectivity index (χ1) is 18.9. The van der Waals surface area contributed by atoms with Crippen molar-refractivity contribution < 1.29 is 27.4 Å². The van der Waals surface area contributed by atoms with Gasteiger partial charge in [0.25, 0.3) is 5.56 Å². The van der Waals surface area contributed by atoms with Crippen LogP contribution in [0.15, 0.2) is 64.3 Å². The summed E-state index contributed by atoms with van der Waals surface area (Å²) in [6, 6.07) is 12.3. The predicted molar refractivity (Wildman–Crippen MR) is 145 cm³/mol. The van der Waals surface area contributed by atoms with Crippen molar-refractivity contribution in [1.29, 1.82) is 0 Å². The number of halogens is 4. The molecule has 3 rings (SSSR count). The Morgan fingerprint density at radius 3 is 2.40 bits per heavy atom. The minimum absolute atomic E-state index is 0.00380. The Balaban J connectivity index is 1.83. The van der Waals surface area contributed by atoms with Gasteiger partial charge in [0.05, 0.1) is 20.1 Å². The van der Waals surface area contributed by atoms with Gasteiger partial charge < -0.3 is 14.0 Å². The number of methoxy groups -OCH3 is 1. The molecule has 0 amide bonds. The largest absolute Gasteiger partial charge is 0.493 e. The Labute approximate surface area is 234 Å². The summed E-state index contributed by atoms with van der Waals surface area (Å²) in [7, 11) is 2.96. The summed E-state index contributed by atoms with van der Waals surface area (Å²) in [5.41, 5.74) is 0.393. The number of alkyl halides is 3. The molecular formula is C28H31ClF3N3O5. The topological polar surface area (TPSA) is 82.8 Å². The van der Waals surface area contributed by atoms with Gasteiger partial charge in [-0.2, -0.15) is 13.2 Å². The maximum absolute atomic E-state index is 13.2. The van der Waals surface area contributed by atoms with Crippen LogP contribution in [0.3, 0.4) is 0 Å². The summed E-state index contributed by atoms with van der Waals surface area (Å²) in [4.78, 5) is 38.0. The highest BCUT2D eigenvalue weighted by Gasteiger charge is 2.31. The summed E-state index contributed by atoms with van der Waals surface area (Å²) in [6.45, 7) is 1.19. The molecule has 0 saturated heterocycles. The van der Waals surface area contributed by atoms with E-state index >= 15 is 0 Å². The average molecular weight is 582 g/mol. The number of ketones is 1. The Bertz CT molecular complexity index is 1420. The zero-order chi connectivity index (χ0) is 29.4. The van der Waals surface area contributed by atoms with Crippen LogP contribution < -0.4 is 20.7 Å². The molecule has 3 aromatic rings. The van der Waals surface area contributed by atoms with Crippen LogP contribution in [0.4, 0.5) is 13.2 Å². The number of nitrogens with zero attached hydrogens (tertiary/aromatic N) is 3. The van der Waals surface area contributed by atoms with E-state index in [2.05, 4.69) is 0 Å². The molecule has 0 fully saturated rings. The van der Waals surface area contributed by atoms with Gasteiger partial charge in [-0.1, -0.05) is 29.8 Å². The molecule has 0 aliphatic carbocycles. The molecule has 1 unspecified atom stereocenters. The second kappa shape index (κ2) is 13.7. The highest BCUT2D eigenvalue weighted by atomic mass is 35.5. The molecule has 216 valence electrons. The molecule has 0 saturated carbocycles. The average Bonchev–Trinajstić information content (AvgIpc) is 2.90. The fourth-order valence-electron chi connectivity index (χ4n) is 4.26. The van der Waals surface area contributed by atoms with Gasteiger partial charge >= 0.3 is 11.9 Å². The van der Waals surface area contributed by atoms with Gasteiger partial charge in [-0.05, 0) is 42.3 Å². The van der Waals surface area contributed by atoms with Gasteiger partial charge in [-0.15, -0.1) is 0 Å². The molecule has 0 aliphatic rings. The van der Waals surface area contributed by atoms with Crippen molar-refractivity contribution in [3.63, 3.8) is 0 Å². The van der Waals surface area contributed by atoms with E-state index in [-0.39, 0.29) is 38.4 Å². The smallest absolute Gasteiger partial charge is 0.390 e. The van der Waals surface area contributed by atoms with Crippen molar-refractivity contribution >= 4 is 17.4 Å². The van der Waals surface area contributed by atoms with E-state index in [0.29, 0.717) is 27.6 Å². The third-order valence-corrected chi connectivity index (χ3v) is 6.54. The van der Waals surface area contributed by atoms with Crippen LogP contribution in [0.5, 0.6) is 11.5 Å². The van der Waals surface area contributed by atoms with Crippen molar-refractivity contribution in [2.45, 2.75) is 45.1 Å². The van der Waals surface area contributed by atoms with Crippen molar-refractivity contribution in [2.24, 2.45) is 7.05 Å². The zero-order valence-electron chi connectivity index (χ0n) is 22.4. The molecule has 1 heterocycles. The van der Waals surface area contributed by atoms with Crippen molar-refractivity contribution in [1.82, 2.24) is 14.0 Å². The Morgan fingerprint density at radius 1 is 1.07 bits per heavy atom. The van der Waals surface area contributed by atoms with Gasteiger partial charge in [-0.3, -0.25) is 19.1 Å². The number of carbonyl (C=O) groups excluding carboxylic acids is 1. The summed E-state index contributed by atoms with van der Waals surface area (Å²) in [5.74, 6) is 0.508. The molecule has 0 radical (unpaired) electrons. The highest BCUT2D eigenvalue weighted by Crippen LogP contribution is 2.33. The zero-order valence-corrected chi connectivity index (χ0v) is 23.2. The first-order valence-corrected chi connectivity index (χ1v) is 12.9. The SMILES string of the molecule is COc1cc(CN(CCC(F)(F)F)C(CC(C)=O)c2ccc(Cl)cc2)ccc1OCCn1c(=O)ccn(C)c1=O. The second-order valence-electron chi connectivity index (χ2n) is 9.34. The number of hydrogen-bond donors (Lipinski definition) is 0. The number of hydrogen-bond acceptors (Lipinski definition) is 6. The fourth-order valence-corrected chi connectivity index (χ4v) is 4.39. The van der Waals surface area contributed by atoms with Gasteiger partial charge in [0.2, 0.25) is 0 Å². The van der Waals surface area contributed by atoms with Crippen molar-refractivity contribution in [2.75, 3.05) is 20.3 Å².